The summed E-state index contributed by atoms with van der Waals surface area (Å²) in [5, 5.41) is 0.539. The van der Waals surface area contributed by atoms with Crippen molar-refractivity contribution in [2.45, 2.75) is 38.6 Å². The number of hydrogen-bond donors (Lipinski definition) is 0. The van der Waals surface area contributed by atoms with Gasteiger partial charge in [0, 0.05) is 25.7 Å². The molecule has 0 unspecified atom stereocenters. The number of aromatic nitrogens is 1. The zero-order valence-electron chi connectivity index (χ0n) is 10.0. The van der Waals surface area contributed by atoms with Gasteiger partial charge in [0.05, 0.1) is 0 Å². The predicted molar refractivity (Wildman–Crippen MR) is 68.0 cm³/mol. The first kappa shape index (κ1) is 12.4. The molecule has 1 aliphatic rings. The molecule has 1 amide bonds. The lowest BCUT2D eigenvalue weighted by atomic mass is 10.0. The van der Waals surface area contributed by atoms with Gasteiger partial charge in [-0.1, -0.05) is 11.6 Å². The lowest BCUT2D eigenvalue weighted by Crippen LogP contribution is -2.33. The molecule has 1 aromatic rings. The van der Waals surface area contributed by atoms with E-state index in [2.05, 4.69) is 4.98 Å². The highest BCUT2D eigenvalue weighted by atomic mass is 35.5. The van der Waals surface area contributed by atoms with Gasteiger partial charge in [0.1, 0.15) is 5.15 Å². The van der Waals surface area contributed by atoms with E-state index in [0.29, 0.717) is 11.2 Å². The maximum Gasteiger partial charge on any atom is 0.219 e. The van der Waals surface area contributed by atoms with E-state index >= 15 is 0 Å². The van der Waals surface area contributed by atoms with Crippen LogP contribution in [0.2, 0.25) is 5.15 Å². The summed E-state index contributed by atoms with van der Waals surface area (Å²) in [5.41, 5.74) is 1.19. The van der Waals surface area contributed by atoms with Crippen LogP contribution in [-0.4, -0.2) is 28.4 Å². The topological polar surface area (TPSA) is 33.2 Å². The molecule has 1 aliphatic heterocycles. The largest absolute Gasteiger partial charge is 0.340 e. The van der Waals surface area contributed by atoms with E-state index in [0.717, 1.165) is 32.2 Å². The second-order valence-corrected chi connectivity index (χ2v) is 4.92. The number of nitrogens with zero attached hydrogens (tertiary/aromatic N) is 2. The molecule has 0 bridgehead atoms. The molecule has 1 saturated heterocycles. The number of pyridine rings is 1. The van der Waals surface area contributed by atoms with Crippen LogP contribution >= 0.6 is 11.6 Å². The molecular weight excluding hydrogens is 236 g/mol. The van der Waals surface area contributed by atoms with E-state index in [9.17, 15) is 4.79 Å². The molecule has 4 heteroatoms. The molecule has 17 heavy (non-hydrogen) atoms. The highest BCUT2D eigenvalue weighted by Crippen LogP contribution is 2.22. The Labute approximate surface area is 107 Å². The number of halogens is 1. The molecule has 0 spiro atoms. The molecule has 0 N–H and O–H groups in total. The first-order chi connectivity index (χ1) is 8.16. The molecule has 1 atom stereocenters. The summed E-state index contributed by atoms with van der Waals surface area (Å²) in [5.74, 6) is 0.195. The number of rotatable bonds is 3. The van der Waals surface area contributed by atoms with Crippen LogP contribution in [0.25, 0.3) is 0 Å². The normalized spacial score (nSPS) is 19.6. The monoisotopic (exact) mass is 252 g/mol. The van der Waals surface area contributed by atoms with Crippen molar-refractivity contribution in [3.63, 3.8) is 0 Å². The number of aryl methyl sites for hydroxylation is 1. The standard InChI is InChI=1S/C13H17ClN2O/c1-10(17)16-8-2-3-12(16)5-4-11-6-7-15-13(14)9-11/h6-7,9,12H,2-5,8H2,1H3/t12-/m1/s1. The predicted octanol–water partition coefficient (Wildman–Crippen LogP) is 2.68. The second-order valence-electron chi connectivity index (χ2n) is 4.53. The minimum absolute atomic E-state index is 0.195. The number of hydrogen-bond acceptors (Lipinski definition) is 2. The van der Waals surface area contributed by atoms with Crippen molar-refractivity contribution in [3.8, 4) is 0 Å². The van der Waals surface area contributed by atoms with Gasteiger partial charge in [-0.2, -0.15) is 0 Å². The van der Waals surface area contributed by atoms with Gasteiger partial charge in [-0.25, -0.2) is 4.98 Å². The van der Waals surface area contributed by atoms with Crippen LogP contribution in [0.4, 0.5) is 0 Å². The van der Waals surface area contributed by atoms with Crippen LogP contribution < -0.4 is 0 Å². The van der Waals surface area contributed by atoms with Crippen LogP contribution in [-0.2, 0) is 11.2 Å². The molecule has 2 heterocycles. The first-order valence-corrected chi connectivity index (χ1v) is 6.42. The molecule has 2 rings (SSSR count). The number of amides is 1. The smallest absolute Gasteiger partial charge is 0.219 e. The number of carbonyl (C=O) groups is 1. The van der Waals surface area contributed by atoms with E-state index in [1.807, 2.05) is 17.0 Å². The minimum atomic E-state index is 0.195. The minimum Gasteiger partial charge on any atom is -0.340 e. The van der Waals surface area contributed by atoms with Crippen LogP contribution in [0.3, 0.4) is 0 Å². The van der Waals surface area contributed by atoms with Gasteiger partial charge < -0.3 is 4.90 Å². The first-order valence-electron chi connectivity index (χ1n) is 6.04. The highest BCUT2D eigenvalue weighted by Gasteiger charge is 2.25. The third-order valence-corrected chi connectivity index (χ3v) is 3.55. The quantitative estimate of drug-likeness (QED) is 0.775. The average molecular weight is 253 g/mol. The van der Waals surface area contributed by atoms with Crippen LogP contribution in [0.5, 0.6) is 0 Å². The maximum atomic E-state index is 11.4. The van der Waals surface area contributed by atoms with Crippen molar-refractivity contribution in [2.24, 2.45) is 0 Å². The van der Waals surface area contributed by atoms with Gasteiger partial charge in [0.15, 0.2) is 0 Å². The van der Waals surface area contributed by atoms with Crippen LogP contribution in [0.1, 0.15) is 31.7 Å². The van der Waals surface area contributed by atoms with Gasteiger partial charge in [0.25, 0.3) is 0 Å². The van der Waals surface area contributed by atoms with Gasteiger partial charge in [-0.3, -0.25) is 4.79 Å². The van der Waals surface area contributed by atoms with E-state index in [4.69, 9.17) is 11.6 Å². The Hall–Kier alpha value is -1.09. The van der Waals surface area contributed by atoms with E-state index in [1.54, 1.807) is 13.1 Å². The van der Waals surface area contributed by atoms with Crippen molar-refractivity contribution in [1.82, 2.24) is 9.88 Å². The van der Waals surface area contributed by atoms with Gasteiger partial charge in [0.2, 0.25) is 5.91 Å². The van der Waals surface area contributed by atoms with Crippen molar-refractivity contribution in [3.05, 3.63) is 29.0 Å². The van der Waals surface area contributed by atoms with Gasteiger partial charge in [-0.15, -0.1) is 0 Å². The molecule has 3 nitrogen and oxygen atoms in total. The number of likely N-dealkylation sites (tertiary alicyclic amines) is 1. The molecule has 1 fully saturated rings. The number of carbonyl (C=O) groups excluding carboxylic acids is 1. The Bertz CT molecular complexity index is 408. The third kappa shape index (κ3) is 3.19. The van der Waals surface area contributed by atoms with Crippen molar-refractivity contribution in [2.75, 3.05) is 6.54 Å². The molecule has 92 valence electrons. The van der Waals surface area contributed by atoms with Crippen LogP contribution in [0, 0.1) is 0 Å². The highest BCUT2D eigenvalue weighted by molar-refractivity contribution is 6.29. The Morgan fingerprint density at radius 2 is 2.47 bits per heavy atom. The zero-order valence-corrected chi connectivity index (χ0v) is 10.8. The summed E-state index contributed by atoms with van der Waals surface area (Å²) in [4.78, 5) is 17.4. The maximum absolute atomic E-state index is 11.4. The van der Waals surface area contributed by atoms with E-state index in [1.165, 1.54) is 5.56 Å². The lowest BCUT2D eigenvalue weighted by Gasteiger charge is -2.23. The molecule has 0 radical (unpaired) electrons. The summed E-state index contributed by atoms with van der Waals surface area (Å²) in [6, 6.07) is 4.28. The van der Waals surface area contributed by atoms with Gasteiger partial charge in [-0.05, 0) is 43.4 Å². The fourth-order valence-electron chi connectivity index (χ4n) is 2.48. The Balaban J connectivity index is 1.91. The van der Waals surface area contributed by atoms with E-state index in [-0.39, 0.29) is 5.91 Å². The zero-order chi connectivity index (χ0) is 12.3. The summed E-state index contributed by atoms with van der Waals surface area (Å²) >= 11 is 5.84. The molecule has 0 saturated carbocycles. The average Bonchev–Trinajstić information content (AvgIpc) is 2.74. The molecule has 1 aromatic heterocycles. The molecule has 0 aromatic carbocycles. The van der Waals surface area contributed by atoms with Crippen molar-refractivity contribution < 1.29 is 4.79 Å². The molecule has 0 aliphatic carbocycles. The summed E-state index contributed by atoms with van der Waals surface area (Å²) in [6.07, 6.45) is 5.95. The fourth-order valence-corrected chi connectivity index (χ4v) is 2.68. The summed E-state index contributed by atoms with van der Waals surface area (Å²) < 4.78 is 0. The summed E-state index contributed by atoms with van der Waals surface area (Å²) in [6.45, 7) is 2.57. The van der Waals surface area contributed by atoms with E-state index < -0.39 is 0 Å². The van der Waals surface area contributed by atoms with Crippen molar-refractivity contribution >= 4 is 17.5 Å². The Kier molecular flexibility index (Phi) is 4.00. The van der Waals surface area contributed by atoms with Crippen LogP contribution in [0.15, 0.2) is 18.3 Å². The second kappa shape index (κ2) is 5.50. The lowest BCUT2D eigenvalue weighted by molar-refractivity contribution is -0.129. The fraction of sp³-hybridized carbons (Fsp3) is 0.538. The molecular formula is C13H17ClN2O. The SMILES string of the molecule is CC(=O)N1CCC[C@@H]1CCc1ccnc(Cl)c1. The Morgan fingerprint density at radius 1 is 1.65 bits per heavy atom. The third-order valence-electron chi connectivity index (χ3n) is 3.34. The van der Waals surface area contributed by atoms with Crippen molar-refractivity contribution in [1.29, 1.82) is 0 Å². The summed E-state index contributed by atoms with van der Waals surface area (Å²) in [7, 11) is 0. The van der Waals surface area contributed by atoms with Gasteiger partial charge >= 0.3 is 0 Å². The Morgan fingerprint density at radius 3 is 3.18 bits per heavy atom.